The van der Waals surface area contributed by atoms with Crippen LogP contribution in [-0.2, 0) is 0 Å². The number of rotatable bonds is 11. The van der Waals surface area contributed by atoms with Crippen molar-refractivity contribution in [3.63, 3.8) is 0 Å². The Morgan fingerprint density at radius 1 is 0.880 bits per heavy atom. The van der Waals surface area contributed by atoms with E-state index in [1.54, 1.807) is 12.1 Å². The Balaban J connectivity index is 1.57. The van der Waals surface area contributed by atoms with E-state index in [-0.39, 0.29) is 0 Å². The van der Waals surface area contributed by atoms with E-state index >= 15 is 0 Å². The van der Waals surface area contributed by atoms with Crippen LogP contribution in [0.25, 0.3) is 0 Å². The second-order valence-electron chi connectivity index (χ2n) is 7.91. The van der Waals surface area contributed by atoms with Crippen LogP contribution < -0.4 is 0 Å². The zero-order chi connectivity index (χ0) is 17.9. The summed E-state index contributed by atoms with van der Waals surface area (Å²) in [5, 5.41) is 9.00. The molecule has 140 valence electrons. The Kier molecular flexibility index (Phi) is 9.07. The van der Waals surface area contributed by atoms with Crippen molar-refractivity contribution in [2.45, 2.75) is 96.3 Å². The van der Waals surface area contributed by atoms with Crippen LogP contribution in [0.15, 0.2) is 24.3 Å². The van der Waals surface area contributed by atoms with Crippen molar-refractivity contribution >= 4 is 5.97 Å². The summed E-state index contributed by atoms with van der Waals surface area (Å²) >= 11 is 0. The van der Waals surface area contributed by atoms with Gasteiger partial charge in [0, 0.05) is 0 Å². The Labute approximate surface area is 154 Å². The monoisotopic (exact) mass is 344 g/mol. The lowest BCUT2D eigenvalue weighted by atomic mass is 9.77. The maximum atomic E-state index is 10.9. The normalized spacial score (nSPS) is 20.5. The van der Waals surface area contributed by atoms with Crippen molar-refractivity contribution < 1.29 is 9.90 Å². The predicted octanol–water partition coefficient (Wildman–Crippen LogP) is 7.19. The van der Waals surface area contributed by atoms with Gasteiger partial charge in [0.25, 0.3) is 0 Å². The van der Waals surface area contributed by atoms with Gasteiger partial charge >= 0.3 is 5.97 Å². The van der Waals surface area contributed by atoms with E-state index in [0.717, 1.165) is 5.92 Å². The summed E-state index contributed by atoms with van der Waals surface area (Å²) < 4.78 is 0. The van der Waals surface area contributed by atoms with E-state index in [1.165, 1.54) is 89.0 Å². The first kappa shape index (κ1) is 20.0. The maximum absolute atomic E-state index is 10.9. The smallest absolute Gasteiger partial charge is 0.335 e. The highest BCUT2D eigenvalue weighted by Crippen LogP contribution is 2.37. The van der Waals surface area contributed by atoms with E-state index in [1.807, 2.05) is 12.1 Å². The molecule has 1 aliphatic rings. The fourth-order valence-corrected chi connectivity index (χ4v) is 4.25. The lowest BCUT2D eigenvalue weighted by molar-refractivity contribution is 0.0697. The minimum atomic E-state index is -0.833. The fraction of sp³-hybridized carbons (Fsp3) is 0.696. The van der Waals surface area contributed by atoms with Gasteiger partial charge < -0.3 is 5.11 Å². The molecule has 1 saturated carbocycles. The first-order valence-corrected chi connectivity index (χ1v) is 10.5. The molecule has 1 aliphatic carbocycles. The van der Waals surface area contributed by atoms with Gasteiger partial charge in [0.15, 0.2) is 0 Å². The van der Waals surface area contributed by atoms with E-state index in [0.29, 0.717) is 11.5 Å². The highest BCUT2D eigenvalue weighted by Gasteiger charge is 2.22. The molecule has 1 aromatic rings. The third kappa shape index (κ3) is 7.22. The molecule has 1 N–H and O–H groups in total. The highest BCUT2D eigenvalue weighted by atomic mass is 16.4. The summed E-state index contributed by atoms with van der Waals surface area (Å²) in [5.41, 5.74) is 1.72. The van der Waals surface area contributed by atoms with Gasteiger partial charge in [-0.25, -0.2) is 4.79 Å². The van der Waals surface area contributed by atoms with Crippen LogP contribution in [0.3, 0.4) is 0 Å². The number of unbranched alkanes of at least 4 members (excludes halogenated alkanes) is 7. The third-order valence-corrected chi connectivity index (χ3v) is 5.94. The van der Waals surface area contributed by atoms with E-state index < -0.39 is 5.97 Å². The Morgan fingerprint density at radius 2 is 1.44 bits per heavy atom. The van der Waals surface area contributed by atoms with Crippen LogP contribution >= 0.6 is 0 Å². The topological polar surface area (TPSA) is 37.3 Å². The first-order valence-electron chi connectivity index (χ1n) is 10.5. The van der Waals surface area contributed by atoms with Crippen LogP contribution in [0.1, 0.15) is 112 Å². The molecule has 2 heteroatoms. The molecule has 2 nitrogen and oxygen atoms in total. The molecule has 0 aromatic heterocycles. The van der Waals surface area contributed by atoms with Crippen molar-refractivity contribution in [3.8, 4) is 0 Å². The van der Waals surface area contributed by atoms with Crippen molar-refractivity contribution in [2.24, 2.45) is 5.92 Å². The Morgan fingerprint density at radius 3 is 2.00 bits per heavy atom. The minimum absolute atomic E-state index is 0.395. The Bertz CT molecular complexity index is 483. The molecule has 0 unspecified atom stereocenters. The fourth-order valence-electron chi connectivity index (χ4n) is 4.25. The number of hydrogen-bond acceptors (Lipinski definition) is 1. The first-order chi connectivity index (χ1) is 12.2. The number of benzene rings is 1. The minimum Gasteiger partial charge on any atom is -0.478 e. The molecule has 0 amide bonds. The van der Waals surface area contributed by atoms with Gasteiger partial charge in [-0.2, -0.15) is 0 Å². The van der Waals surface area contributed by atoms with Crippen molar-refractivity contribution in [1.29, 1.82) is 0 Å². The largest absolute Gasteiger partial charge is 0.478 e. The quantitative estimate of drug-likeness (QED) is 0.431. The SMILES string of the molecule is CCCCCCCCCCC1CCC(c2ccc(C(=O)O)cc2)CC1. The molecule has 0 radical (unpaired) electrons. The molecule has 0 saturated heterocycles. The molecule has 0 atom stereocenters. The zero-order valence-corrected chi connectivity index (χ0v) is 16.0. The van der Waals surface area contributed by atoms with Crippen LogP contribution in [0, 0.1) is 5.92 Å². The van der Waals surface area contributed by atoms with Gasteiger partial charge in [-0.3, -0.25) is 0 Å². The van der Waals surface area contributed by atoms with E-state index in [2.05, 4.69) is 6.92 Å². The second-order valence-corrected chi connectivity index (χ2v) is 7.91. The molecule has 1 aromatic carbocycles. The van der Waals surface area contributed by atoms with Gasteiger partial charge in [0.2, 0.25) is 0 Å². The average Bonchev–Trinajstić information content (AvgIpc) is 2.64. The summed E-state index contributed by atoms with van der Waals surface area (Å²) in [5.74, 6) is 0.730. The number of hydrogen-bond donors (Lipinski definition) is 1. The van der Waals surface area contributed by atoms with Crippen molar-refractivity contribution in [2.75, 3.05) is 0 Å². The number of aromatic carboxylic acids is 1. The van der Waals surface area contributed by atoms with Crippen molar-refractivity contribution in [3.05, 3.63) is 35.4 Å². The van der Waals surface area contributed by atoms with Crippen LogP contribution in [0.5, 0.6) is 0 Å². The summed E-state index contributed by atoms with van der Waals surface area (Å²) in [6.45, 7) is 2.28. The molecule has 0 bridgehead atoms. The van der Waals surface area contributed by atoms with E-state index in [4.69, 9.17) is 5.11 Å². The molecule has 0 spiro atoms. The van der Waals surface area contributed by atoms with Gasteiger partial charge in [-0.15, -0.1) is 0 Å². The zero-order valence-electron chi connectivity index (χ0n) is 16.0. The second kappa shape index (κ2) is 11.3. The van der Waals surface area contributed by atoms with Gasteiger partial charge in [0.1, 0.15) is 0 Å². The van der Waals surface area contributed by atoms with Crippen LogP contribution in [0.4, 0.5) is 0 Å². The summed E-state index contributed by atoms with van der Waals surface area (Å²) in [4.78, 5) is 10.9. The number of carbonyl (C=O) groups is 1. The number of carboxylic acids is 1. The lowest BCUT2D eigenvalue weighted by Gasteiger charge is -2.29. The molecular weight excluding hydrogens is 308 g/mol. The summed E-state index contributed by atoms with van der Waals surface area (Å²) in [7, 11) is 0. The predicted molar refractivity (Wildman–Crippen MR) is 105 cm³/mol. The molecule has 0 aliphatic heterocycles. The molecule has 2 rings (SSSR count). The molecule has 0 heterocycles. The maximum Gasteiger partial charge on any atom is 0.335 e. The molecule has 1 fully saturated rings. The summed E-state index contributed by atoms with van der Waals surface area (Å²) in [6.07, 6.45) is 17.9. The lowest BCUT2D eigenvalue weighted by Crippen LogP contribution is -2.13. The van der Waals surface area contributed by atoms with Gasteiger partial charge in [0.05, 0.1) is 5.56 Å². The highest BCUT2D eigenvalue weighted by molar-refractivity contribution is 5.87. The third-order valence-electron chi connectivity index (χ3n) is 5.94. The van der Waals surface area contributed by atoms with Crippen LogP contribution in [0.2, 0.25) is 0 Å². The van der Waals surface area contributed by atoms with Crippen molar-refractivity contribution in [1.82, 2.24) is 0 Å². The van der Waals surface area contributed by atoms with E-state index in [9.17, 15) is 4.79 Å². The molecule has 25 heavy (non-hydrogen) atoms. The average molecular weight is 345 g/mol. The number of carboxylic acid groups (broad SMARTS) is 1. The standard InChI is InChI=1S/C23H36O2/c1-2-3-4-5-6-7-8-9-10-19-11-13-20(14-12-19)21-15-17-22(18-16-21)23(24)25/h15-20H,2-14H2,1H3,(H,24,25). The van der Waals surface area contributed by atoms with Crippen LogP contribution in [-0.4, -0.2) is 11.1 Å². The van der Waals surface area contributed by atoms with Gasteiger partial charge in [-0.1, -0.05) is 76.8 Å². The Hall–Kier alpha value is -1.31. The van der Waals surface area contributed by atoms with Gasteiger partial charge in [-0.05, 0) is 55.2 Å². The molecular formula is C23H36O2. The summed E-state index contributed by atoms with van der Waals surface area (Å²) in [6, 6.07) is 7.55.